The van der Waals surface area contributed by atoms with E-state index in [0.717, 1.165) is 5.56 Å². The number of nitrogens with zero attached hydrogens (tertiary/aromatic N) is 2. The van der Waals surface area contributed by atoms with Crippen molar-refractivity contribution in [2.75, 3.05) is 0 Å². The molecule has 0 atom stereocenters. The highest BCUT2D eigenvalue weighted by molar-refractivity contribution is 6.16. The third kappa shape index (κ3) is 2.45. The van der Waals surface area contributed by atoms with Gasteiger partial charge in [0.25, 0.3) is 5.69 Å². The van der Waals surface area contributed by atoms with Gasteiger partial charge < -0.3 is 4.42 Å². The van der Waals surface area contributed by atoms with Crippen LogP contribution in [0.4, 0.5) is 5.69 Å². The van der Waals surface area contributed by atoms with E-state index in [9.17, 15) is 10.1 Å². The van der Waals surface area contributed by atoms with Gasteiger partial charge in [-0.25, -0.2) is 4.98 Å². The summed E-state index contributed by atoms with van der Waals surface area (Å²) >= 11 is 5.61. The largest absolute Gasteiger partial charge is 0.444 e. The molecule has 88 valence electrons. The van der Waals surface area contributed by atoms with Gasteiger partial charge in [0, 0.05) is 17.7 Å². The molecule has 1 heterocycles. The molecule has 2 aromatic rings. The molecular weight excluding hydrogens is 244 g/mol. The third-order valence-electron chi connectivity index (χ3n) is 2.21. The van der Waals surface area contributed by atoms with Crippen LogP contribution in [0.15, 0.2) is 28.9 Å². The molecule has 0 aliphatic rings. The van der Waals surface area contributed by atoms with Crippen LogP contribution in [-0.2, 0) is 5.88 Å². The van der Waals surface area contributed by atoms with Crippen LogP contribution in [0.2, 0.25) is 0 Å². The lowest BCUT2D eigenvalue weighted by molar-refractivity contribution is -0.384. The fraction of sp³-hybridized carbons (Fsp3) is 0.182. The molecule has 0 spiro atoms. The Morgan fingerprint density at radius 3 is 2.82 bits per heavy atom. The van der Waals surface area contributed by atoms with Gasteiger partial charge in [-0.05, 0) is 18.6 Å². The Kier molecular flexibility index (Phi) is 3.10. The van der Waals surface area contributed by atoms with Crippen molar-refractivity contribution in [3.05, 3.63) is 45.8 Å². The number of rotatable bonds is 3. The molecule has 0 radical (unpaired) electrons. The number of benzene rings is 1. The van der Waals surface area contributed by atoms with Crippen molar-refractivity contribution >= 4 is 17.3 Å². The molecule has 6 heteroatoms. The quantitative estimate of drug-likeness (QED) is 0.477. The van der Waals surface area contributed by atoms with Crippen molar-refractivity contribution in [2.24, 2.45) is 0 Å². The average Bonchev–Trinajstić information content (AvgIpc) is 2.76. The maximum atomic E-state index is 10.7. The second kappa shape index (κ2) is 4.55. The number of nitro benzene ring substituents is 1. The molecule has 0 saturated carbocycles. The first-order chi connectivity index (χ1) is 8.10. The highest BCUT2D eigenvalue weighted by atomic mass is 35.5. The van der Waals surface area contributed by atoms with Crippen molar-refractivity contribution in [1.29, 1.82) is 0 Å². The van der Waals surface area contributed by atoms with Crippen LogP contribution in [0, 0.1) is 17.0 Å². The number of alkyl halides is 1. The Hall–Kier alpha value is -1.88. The topological polar surface area (TPSA) is 69.2 Å². The van der Waals surface area contributed by atoms with Gasteiger partial charge in [0.05, 0.1) is 16.5 Å². The lowest BCUT2D eigenvalue weighted by atomic mass is 10.1. The molecule has 1 aromatic carbocycles. The molecule has 17 heavy (non-hydrogen) atoms. The number of hydrogen-bond acceptors (Lipinski definition) is 4. The van der Waals surface area contributed by atoms with Crippen LogP contribution in [-0.4, -0.2) is 9.91 Å². The van der Waals surface area contributed by atoms with E-state index in [4.69, 9.17) is 16.0 Å². The predicted octanol–water partition coefficient (Wildman–Crippen LogP) is 3.30. The van der Waals surface area contributed by atoms with Crippen molar-refractivity contribution in [3.8, 4) is 11.5 Å². The summed E-state index contributed by atoms with van der Waals surface area (Å²) in [5, 5.41) is 10.7. The maximum absolute atomic E-state index is 10.7. The zero-order chi connectivity index (χ0) is 12.4. The van der Waals surface area contributed by atoms with E-state index in [0.29, 0.717) is 17.1 Å². The second-order valence-electron chi connectivity index (χ2n) is 3.59. The minimum absolute atomic E-state index is 0.0191. The monoisotopic (exact) mass is 252 g/mol. The molecule has 1 aromatic heterocycles. The molecular formula is C11H9ClN2O3. The number of nitro groups is 1. The zero-order valence-corrected chi connectivity index (χ0v) is 9.77. The lowest BCUT2D eigenvalue weighted by Gasteiger charge is -1.98. The van der Waals surface area contributed by atoms with Crippen molar-refractivity contribution in [1.82, 2.24) is 4.98 Å². The van der Waals surface area contributed by atoms with Crippen LogP contribution in [0.5, 0.6) is 0 Å². The summed E-state index contributed by atoms with van der Waals surface area (Å²) in [6, 6.07) is 4.70. The van der Waals surface area contributed by atoms with E-state index in [2.05, 4.69) is 4.98 Å². The Labute approximate surface area is 102 Å². The Bertz CT molecular complexity index is 566. The summed E-state index contributed by atoms with van der Waals surface area (Å²) in [4.78, 5) is 14.4. The van der Waals surface area contributed by atoms with Crippen LogP contribution >= 0.6 is 11.6 Å². The normalized spacial score (nSPS) is 10.5. The molecule has 0 fully saturated rings. The molecule has 0 unspecified atom stereocenters. The standard InChI is InChI=1S/C11H9ClN2O3/c1-7-2-8(4-10(3-7)14(15)16)11-13-9(5-12)6-17-11/h2-4,6H,5H2,1H3. The van der Waals surface area contributed by atoms with E-state index in [1.54, 1.807) is 13.0 Å². The maximum Gasteiger partial charge on any atom is 0.270 e. The summed E-state index contributed by atoms with van der Waals surface area (Å²) in [7, 11) is 0. The van der Waals surface area contributed by atoms with Gasteiger partial charge in [0.15, 0.2) is 0 Å². The van der Waals surface area contributed by atoms with E-state index >= 15 is 0 Å². The summed E-state index contributed by atoms with van der Waals surface area (Å²) in [5.41, 5.74) is 1.98. The van der Waals surface area contributed by atoms with Gasteiger partial charge in [-0.15, -0.1) is 11.6 Å². The number of halogens is 1. The average molecular weight is 253 g/mol. The second-order valence-corrected chi connectivity index (χ2v) is 3.86. The summed E-state index contributed by atoms with van der Waals surface area (Å²) in [6.45, 7) is 1.78. The first kappa shape index (κ1) is 11.6. The van der Waals surface area contributed by atoms with E-state index in [-0.39, 0.29) is 11.6 Å². The van der Waals surface area contributed by atoms with Gasteiger partial charge in [0.2, 0.25) is 5.89 Å². The van der Waals surface area contributed by atoms with Crippen molar-refractivity contribution in [3.63, 3.8) is 0 Å². The van der Waals surface area contributed by atoms with Crippen molar-refractivity contribution in [2.45, 2.75) is 12.8 Å². The predicted molar refractivity (Wildman–Crippen MR) is 62.9 cm³/mol. The number of hydrogen-bond donors (Lipinski definition) is 0. The first-order valence-corrected chi connectivity index (χ1v) is 5.40. The SMILES string of the molecule is Cc1cc(-c2nc(CCl)co2)cc([N+](=O)[O-])c1. The third-order valence-corrected chi connectivity index (χ3v) is 2.48. The van der Waals surface area contributed by atoms with E-state index < -0.39 is 4.92 Å². The van der Waals surface area contributed by atoms with E-state index in [1.807, 2.05) is 0 Å². The first-order valence-electron chi connectivity index (χ1n) is 4.87. The molecule has 0 bridgehead atoms. The van der Waals surface area contributed by atoms with Crippen LogP contribution in [0.25, 0.3) is 11.5 Å². The van der Waals surface area contributed by atoms with E-state index in [1.165, 1.54) is 18.4 Å². The molecule has 5 nitrogen and oxygen atoms in total. The van der Waals surface area contributed by atoms with Gasteiger partial charge in [-0.3, -0.25) is 10.1 Å². The molecule has 0 saturated heterocycles. The molecule has 0 aliphatic heterocycles. The number of non-ortho nitro benzene ring substituents is 1. The molecule has 2 rings (SSSR count). The molecule has 0 amide bonds. The van der Waals surface area contributed by atoms with Crippen LogP contribution in [0.3, 0.4) is 0 Å². The highest BCUT2D eigenvalue weighted by Gasteiger charge is 2.12. The highest BCUT2D eigenvalue weighted by Crippen LogP contribution is 2.25. The van der Waals surface area contributed by atoms with Crippen molar-refractivity contribution < 1.29 is 9.34 Å². The number of aromatic nitrogens is 1. The molecule has 0 N–H and O–H groups in total. The summed E-state index contributed by atoms with van der Waals surface area (Å²) in [6.07, 6.45) is 1.44. The van der Waals surface area contributed by atoms with Gasteiger partial charge >= 0.3 is 0 Å². The summed E-state index contributed by atoms with van der Waals surface area (Å²) < 4.78 is 5.21. The minimum atomic E-state index is -0.443. The molecule has 0 aliphatic carbocycles. The zero-order valence-electron chi connectivity index (χ0n) is 9.01. The Morgan fingerprint density at radius 1 is 1.47 bits per heavy atom. The lowest BCUT2D eigenvalue weighted by Crippen LogP contribution is -1.90. The van der Waals surface area contributed by atoms with Gasteiger partial charge in [0.1, 0.15) is 6.26 Å². The van der Waals surface area contributed by atoms with Gasteiger partial charge in [-0.1, -0.05) is 0 Å². The summed E-state index contributed by atoms with van der Waals surface area (Å²) in [5.74, 6) is 0.588. The minimum Gasteiger partial charge on any atom is -0.444 e. The van der Waals surface area contributed by atoms with Crippen LogP contribution < -0.4 is 0 Å². The number of aryl methyl sites for hydroxylation is 1. The smallest absolute Gasteiger partial charge is 0.270 e. The fourth-order valence-corrected chi connectivity index (χ4v) is 1.62. The Balaban J connectivity index is 2.47. The fourth-order valence-electron chi connectivity index (χ4n) is 1.49. The Morgan fingerprint density at radius 2 is 2.24 bits per heavy atom. The van der Waals surface area contributed by atoms with Gasteiger partial charge in [-0.2, -0.15) is 0 Å². The van der Waals surface area contributed by atoms with Crippen LogP contribution in [0.1, 0.15) is 11.3 Å². The number of oxazole rings is 1.